The number of carbonyl (C=O) groups is 2. The zero-order chi connectivity index (χ0) is 57.0. The highest BCUT2D eigenvalue weighted by Crippen LogP contribution is 2.54. The Bertz CT molecular complexity index is 3460. The molecule has 1 aliphatic carbocycles. The van der Waals surface area contributed by atoms with Crippen molar-refractivity contribution in [3.05, 3.63) is 165 Å². The molecule has 15 nitrogen and oxygen atoms in total. The number of benzene rings is 3. The molecule has 18 heteroatoms. The van der Waals surface area contributed by atoms with E-state index in [2.05, 4.69) is 83.1 Å². The van der Waals surface area contributed by atoms with E-state index in [0.29, 0.717) is 95.0 Å². The number of aromatic nitrogens is 5. The van der Waals surface area contributed by atoms with Gasteiger partial charge in [0, 0.05) is 97.8 Å². The highest BCUT2D eigenvalue weighted by molar-refractivity contribution is 6.30. The second-order valence-corrected chi connectivity index (χ2v) is 24.4. The summed E-state index contributed by atoms with van der Waals surface area (Å²) >= 11 is 13.1. The van der Waals surface area contributed by atoms with Crippen LogP contribution in [-0.4, -0.2) is 138 Å². The monoisotopic (exact) mass is 1130 g/mol. The van der Waals surface area contributed by atoms with Gasteiger partial charge in [-0.1, -0.05) is 87.1 Å². The summed E-state index contributed by atoms with van der Waals surface area (Å²) in [5.41, 5.74) is 4.27. The molecule has 11 rings (SSSR count). The molecule has 0 bridgehead atoms. The first kappa shape index (κ1) is 56.0. The van der Waals surface area contributed by atoms with Gasteiger partial charge in [-0.25, -0.2) is 14.2 Å². The van der Waals surface area contributed by atoms with Crippen LogP contribution < -0.4 is 10.1 Å². The number of rotatable bonds is 12. The number of nitrogens with zero attached hydrogens (tertiary/aromatic N) is 10. The highest BCUT2D eigenvalue weighted by atomic mass is 35.5. The van der Waals surface area contributed by atoms with Crippen molar-refractivity contribution in [2.45, 2.75) is 116 Å². The Morgan fingerprint density at radius 1 is 0.815 bits per heavy atom. The number of halogens is 3. The van der Waals surface area contributed by atoms with Crippen LogP contribution in [0.2, 0.25) is 10.0 Å². The molecular weight excluding hydrogens is 1060 g/mol. The molecule has 0 spiro atoms. The molecule has 7 heterocycles. The first-order valence-corrected chi connectivity index (χ1v) is 29.3. The number of aliphatic imine (C=N–C) groups is 1. The van der Waals surface area contributed by atoms with Crippen molar-refractivity contribution in [1.29, 1.82) is 0 Å². The normalized spacial score (nSPS) is 22.5. The molecule has 7 aromatic rings. The van der Waals surface area contributed by atoms with Crippen LogP contribution in [-0.2, 0) is 16.5 Å². The van der Waals surface area contributed by atoms with Crippen LogP contribution in [0, 0.1) is 12.7 Å². The molecule has 2 unspecified atom stereocenters. The first-order valence-electron chi connectivity index (χ1n) is 28.5. The van der Waals surface area contributed by atoms with Gasteiger partial charge in [0.15, 0.2) is 5.82 Å². The third-order valence-electron chi connectivity index (χ3n) is 17.5. The quantitative estimate of drug-likeness (QED) is 0.122. The summed E-state index contributed by atoms with van der Waals surface area (Å²) in [5, 5.41) is 12.9. The maximum absolute atomic E-state index is 15.9. The molecule has 424 valence electrons. The maximum atomic E-state index is 15.9. The van der Waals surface area contributed by atoms with Gasteiger partial charge >= 0.3 is 6.03 Å². The summed E-state index contributed by atoms with van der Waals surface area (Å²) in [6, 6.07) is 31.0. The van der Waals surface area contributed by atoms with Crippen molar-refractivity contribution in [3.8, 4) is 11.6 Å². The number of fused-ring (bicyclic) bond motifs is 1. The third kappa shape index (κ3) is 10.7. The molecule has 3 amide bonds. The Balaban J connectivity index is 0.820. The standard InChI is InChI=1S/C63H73Cl2FN12O3/c1-9-81-54-37-44(61(4,5)6)18-24-49(54)58-70-62(7,42-14-19-45(64)20-15-42)63(8,43-16-21-46(65)22-17-43)78(58)60(80)76-34-30-74(31-35-76)53-13-11-10-12-52(53)73-28-32-75(33-29-73)59(79)50-39-77(56-36-40(2)71-72-56)57-48(50)25-27-55(69-57)68-41(3)51-26-23-47(66)38-67-51/h14-27,36-39,41,52-53H,9-13,28-35H2,1-8H3,(H,68,69)(H,71,72)/t41-,52?,53?,62-,63+/m0/s1. The van der Waals surface area contributed by atoms with Gasteiger partial charge in [0.2, 0.25) is 0 Å². The van der Waals surface area contributed by atoms with Crippen molar-refractivity contribution in [2.75, 3.05) is 64.3 Å². The predicted molar refractivity (Wildman–Crippen MR) is 319 cm³/mol. The van der Waals surface area contributed by atoms with E-state index in [9.17, 15) is 9.18 Å². The molecule has 3 fully saturated rings. The summed E-state index contributed by atoms with van der Waals surface area (Å²) in [7, 11) is 0. The predicted octanol–water partition coefficient (Wildman–Crippen LogP) is 12.2. The number of hydrogen-bond acceptors (Lipinski definition) is 10. The summed E-state index contributed by atoms with van der Waals surface area (Å²) in [4.78, 5) is 56.7. The molecule has 5 atom stereocenters. The smallest absolute Gasteiger partial charge is 0.326 e. The number of amides is 3. The minimum Gasteiger partial charge on any atom is -0.493 e. The first-order chi connectivity index (χ1) is 38.8. The van der Waals surface area contributed by atoms with Crippen LogP contribution in [0.4, 0.5) is 15.0 Å². The number of aryl methyl sites for hydroxylation is 1. The molecule has 3 aliphatic heterocycles. The molecule has 4 aliphatic rings. The van der Waals surface area contributed by atoms with E-state index in [-0.39, 0.29) is 23.4 Å². The second-order valence-electron chi connectivity index (χ2n) is 23.5. The van der Waals surface area contributed by atoms with E-state index in [1.165, 1.54) is 12.3 Å². The summed E-state index contributed by atoms with van der Waals surface area (Å²) in [6.45, 7) is 22.4. The van der Waals surface area contributed by atoms with Crippen molar-refractivity contribution < 1.29 is 18.7 Å². The Labute approximate surface area is 484 Å². The van der Waals surface area contributed by atoms with Crippen LogP contribution in [0.5, 0.6) is 5.75 Å². The number of aromatic amines is 1. The number of ether oxygens (including phenoxy) is 1. The van der Waals surface area contributed by atoms with Crippen LogP contribution in [0.25, 0.3) is 16.9 Å². The van der Waals surface area contributed by atoms with Crippen molar-refractivity contribution >= 4 is 57.8 Å². The molecule has 2 saturated heterocycles. The number of carbonyl (C=O) groups excluding carboxylic acids is 2. The maximum Gasteiger partial charge on any atom is 0.326 e. The van der Waals surface area contributed by atoms with E-state index < -0.39 is 16.9 Å². The van der Waals surface area contributed by atoms with Gasteiger partial charge < -0.3 is 19.9 Å². The second kappa shape index (κ2) is 22.5. The zero-order valence-electron chi connectivity index (χ0n) is 47.6. The topological polar surface area (TPSA) is 143 Å². The Hall–Kier alpha value is -6.85. The van der Waals surface area contributed by atoms with E-state index in [4.69, 9.17) is 37.9 Å². The van der Waals surface area contributed by atoms with Gasteiger partial charge in [0.25, 0.3) is 5.91 Å². The van der Waals surface area contributed by atoms with Gasteiger partial charge in [-0.05, 0) is 130 Å². The number of amidine groups is 1. The number of pyridine rings is 2. The highest BCUT2D eigenvalue weighted by Gasteiger charge is 2.60. The third-order valence-corrected chi connectivity index (χ3v) is 18.0. The van der Waals surface area contributed by atoms with E-state index in [0.717, 1.165) is 85.2 Å². The van der Waals surface area contributed by atoms with E-state index >= 15 is 4.79 Å². The van der Waals surface area contributed by atoms with Crippen molar-refractivity contribution in [3.63, 3.8) is 0 Å². The fourth-order valence-electron chi connectivity index (χ4n) is 12.8. The zero-order valence-corrected chi connectivity index (χ0v) is 49.2. The Morgan fingerprint density at radius 3 is 2.02 bits per heavy atom. The molecule has 81 heavy (non-hydrogen) atoms. The number of anilines is 1. The molecule has 4 aromatic heterocycles. The number of H-pyrrole nitrogens is 1. The Kier molecular flexibility index (Phi) is 15.6. The van der Waals surface area contributed by atoms with E-state index in [1.807, 2.05) is 113 Å². The lowest BCUT2D eigenvalue weighted by Crippen LogP contribution is -2.64. The summed E-state index contributed by atoms with van der Waals surface area (Å²) in [5.74, 6) is 2.02. The largest absolute Gasteiger partial charge is 0.493 e. The van der Waals surface area contributed by atoms with Gasteiger partial charge in [-0.2, -0.15) is 5.10 Å². The van der Waals surface area contributed by atoms with Gasteiger partial charge in [0.1, 0.15) is 39.9 Å². The summed E-state index contributed by atoms with van der Waals surface area (Å²) in [6.07, 6.45) is 7.53. The molecular formula is C63H73Cl2FN12O3. The minimum atomic E-state index is -1.03. The lowest BCUT2D eigenvalue weighted by molar-refractivity contribution is 0.00253. The van der Waals surface area contributed by atoms with Crippen LogP contribution in [0.3, 0.4) is 0 Å². The lowest BCUT2D eigenvalue weighted by Gasteiger charge is -2.50. The SMILES string of the molecule is CCOc1cc(C(C)(C)C)ccc1C1=N[C@@](C)(c2ccc(Cl)cc2)[C@@](C)(c2ccc(Cl)cc2)N1C(=O)N1CCN(C2CCCCC2N2CCN(C(=O)c3cn(-c4cc(C)[nH]n4)c4nc(N[C@@H](C)c5ccc(F)cn5)ccc34)CC2)CC1. The molecule has 0 radical (unpaired) electrons. The van der Waals surface area contributed by atoms with Crippen molar-refractivity contribution in [2.24, 2.45) is 4.99 Å². The number of nitrogens with one attached hydrogen (secondary N) is 2. The van der Waals surface area contributed by atoms with Gasteiger partial charge in [-0.3, -0.25) is 39.1 Å². The molecule has 1 saturated carbocycles. The number of piperazine rings is 2. The average molecular weight is 1140 g/mol. The van der Waals surface area contributed by atoms with Crippen LogP contribution >= 0.6 is 23.2 Å². The van der Waals surface area contributed by atoms with Crippen molar-refractivity contribution in [1.82, 2.24) is 49.2 Å². The average Bonchev–Trinajstić information content (AvgIpc) is 4.36. The van der Waals surface area contributed by atoms with Crippen LogP contribution in [0.1, 0.15) is 124 Å². The minimum absolute atomic E-state index is 0.0408. The van der Waals surface area contributed by atoms with Gasteiger partial charge in [-0.15, -0.1) is 0 Å². The Morgan fingerprint density at radius 2 is 1.44 bits per heavy atom. The molecule has 2 N–H and O–H groups in total. The van der Waals surface area contributed by atoms with E-state index in [1.54, 1.807) is 6.07 Å². The fourth-order valence-corrected chi connectivity index (χ4v) is 13.0. The summed E-state index contributed by atoms with van der Waals surface area (Å²) < 4.78 is 22.0. The number of hydrogen-bond donors (Lipinski definition) is 2. The number of urea groups is 1. The van der Waals surface area contributed by atoms with Crippen LogP contribution in [0.15, 0.2) is 114 Å². The fraction of sp³-hybridized carbons (Fsp3) is 0.429. The molecule has 3 aromatic carbocycles. The van der Waals surface area contributed by atoms with Gasteiger partial charge in [0.05, 0.1) is 35.7 Å². The lowest BCUT2D eigenvalue weighted by atomic mass is 9.71.